The lowest BCUT2D eigenvalue weighted by Crippen LogP contribution is -2.25. The molecule has 19 heavy (non-hydrogen) atoms. The minimum atomic E-state index is -0.638. The van der Waals surface area contributed by atoms with Gasteiger partial charge in [0, 0.05) is 5.56 Å². The van der Waals surface area contributed by atoms with Gasteiger partial charge in [-0.2, -0.15) is 0 Å². The summed E-state index contributed by atoms with van der Waals surface area (Å²) in [6.07, 6.45) is 0. The van der Waals surface area contributed by atoms with E-state index in [4.69, 9.17) is 5.41 Å². The van der Waals surface area contributed by atoms with Gasteiger partial charge in [-0.15, -0.1) is 0 Å². The molecule has 0 atom stereocenters. The second kappa shape index (κ2) is 4.16. The van der Waals surface area contributed by atoms with Gasteiger partial charge in [-0.1, -0.05) is 30.3 Å². The van der Waals surface area contributed by atoms with Crippen LogP contribution in [0.25, 0.3) is 0 Å². The first-order valence-electron chi connectivity index (χ1n) is 5.98. The van der Waals surface area contributed by atoms with Crippen LogP contribution in [0.5, 0.6) is 0 Å². The molecule has 0 unspecified atom stereocenters. The molecule has 2 aromatic carbocycles. The van der Waals surface area contributed by atoms with Crippen molar-refractivity contribution in [1.82, 2.24) is 0 Å². The van der Waals surface area contributed by atoms with E-state index in [0.29, 0.717) is 12.1 Å². The molecule has 2 aromatic rings. The first-order valence-corrected chi connectivity index (χ1v) is 5.98. The predicted molar refractivity (Wildman–Crippen MR) is 70.5 cm³/mol. The van der Waals surface area contributed by atoms with Crippen molar-refractivity contribution in [3.05, 3.63) is 64.7 Å². The standard InChI is InChI=1S/C15H12F2N2/c1-9-6-7-12(16)14(13(9)17)19-8-10-4-2-3-5-11(10)15(19)18/h2-7,18H,8H2,1H3. The van der Waals surface area contributed by atoms with Gasteiger partial charge in [0.15, 0.2) is 5.82 Å². The number of amidine groups is 1. The van der Waals surface area contributed by atoms with Gasteiger partial charge in [-0.25, -0.2) is 8.78 Å². The quantitative estimate of drug-likeness (QED) is 0.831. The van der Waals surface area contributed by atoms with Gasteiger partial charge in [-0.3, -0.25) is 5.41 Å². The van der Waals surface area contributed by atoms with Gasteiger partial charge < -0.3 is 4.90 Å². The van der Waals surface area contributed by atoms with Crippen LogP contribution >= 0.6 is 0 Å². The summed E-state index contributed by atoms with van der Waals surface area (Å²) >= 11 is 0. The Labute approximate surface area is 109 Å². The summed E-state index contributed by atoms with van der Waals surface area (Å²) in [4.78, 5) is 1.38. The van der Waals surface area contributed by atoms with Crippen LogP contribution in [0.1, 0.15) is 16.7 Å². The molecule has 1 heterocycles. The summed E-state index contributed by atoms with van der Waals surface area (Å²) in [7, 11) is 0. The monoisotopic (exact) mass is 258 g/mol. The Kier molecular flexibility index (Phi) is 2.59. The van der Waals surface area contributed by atoms with Gasteiger partial charge in [-0.05, 0) is 24.1 Å². The van der Waals surface area contributed by atoms with Crippen LogP contribution in [-0.4, -0.2) is 5.84 Å². The molecule has 1 N–H and O–H groups in total. The molecule has 96 valence electrons. The molecule has 0 bridgehead atoms. The first-order chi connectivity index (χ1) is 9.09. The van der Waals surface area contributed by atoms with Crippen molar-refractivity contribution in [3.63, 3.8) is 0 Å². The number of nitrogens with zero attached hydrogens (tertiary/aromatic N) is 1. The minimum absolute atomic E-state index is 0.138. The van der Waals surface area contributed by atoms with E-state index in [9.17, 15) is 8.78 Å². The molecule has 0 fully saturated rings. The number of halogens is 2. The van der Waals surface area contributed by atoms with Crippen LogP contribution in [0.4, 0.5) is 14.5 Å². The van der Waals surface area contributed by atoms with Crippen molar-refractivity contribution < 1.29 is 8.78 Å². The largest absolute Gasteiger partial charge is 0.317 e. The second-order valence-corrected chi connectivity index (χ2v) is 4.62. The fraction of sp³-hybridized carbons (Fsp3) is 0.133. The number of aryl methyl sites for hydroxylation is 1. The van der Waals surface area contributed by atoms with Crippen LogP contribution in [-0.2, 0) is 6.54 Å². The fourth-order valence-electron chi connectivity index (χ4n) is 2.36. The second-order valence-electron chi connectivity index (χ2n) is 4.62. The normalized spacial score (nSPS) is 13.8. The Hall–Kier alpha value is -2.23. The van der Waals surface area contributed by atoms with E-state index in [1.807, 2.05) is 18.2 Å². The third-order valence-corrected chi connectivity index (χ3v) is 3.40. The van der Waals surface area contributed by atoms with Crippen LogP contribution in [0.3, 0.4) is 0 Å². The minimum Gasteiger partial charge on any atom is -0.317 e. The zero-order valence-electron chi connectivity index (χ0n) is 10.4. The van der Waals surface area contributed by atoms with Crippen molar-refractivity contribution in [2.45, 2.75) is 13.5 Å². The average Bonchev–Trinajstić information content (AvgIpc) is 2.73. The summed E-state index contributed by atoms with van der Waals surface area (Å²) in [5.74, 6) is -1.10. The number of rotatable bonds is 1. The highest BCUT2D eigenvalue weighted by atomic mass is 19.1. The summed E-state index contributed by atoms with van der Waals surface area (Å²) in [6.45, 7) is 1.91. The van der Waals surface area contributed by atoms with Crippen LogP contribution in [0.2, 0.25) is 0 Å². The summed E-state index contributed by atoms with van der Waals surface area (Å²) in [5, 5.41) is 8.08. The molecule has 0 aromatic heterocycles. The van der Waals surface area contributed by atoms with E-state index in [1.165, 1.54) is 17.0 Å². The molecule has 0 amide bonds. The Morgan fingerprint density at radius 1 is 1.11 bits per heavy atom. The van der Waals surface area contributed by atoms with E-state index in [0.717, 1.165) is 11.1 Å². The van der Waals surface area contributed by atoms with E-state index in [2.05, 4.69) is 0 Å². The highest BCUT2D eigenvalue weighted by Gasteiger charge is 2.29. The van der Waals surface area contributed by atoms with Crippen molar-refractivity contribution in [2.75, 3.05) is 4.90 Å². The summed E-state index contributed by atoms with van der Waals surface area (Å²) in [5.41, 5.74) is 1.87. The molecule has 0 radical (unpaired) electrons. The number of fused-ring (bicyclic) bond motifs is 1. The Bertz CT molecular complexity index is 680. The SMILES string of the molecule is Cc1ccc(F)c(N2Cc3ccccc3C2=N)c1F. The number of anilines is 1. The average molecular weight is 258 g/mol. The maximum Gasteiger partial charge on any atom is 0.152 e. The topological polar surface area (TPSA) is 27.1 Å². The number of hydrogen-bond acceptors (Lipinski definition) is 1. The Balaban J connectivity index is 2.12. The Morgan fingerprint density at radius 3 is 2.58 bits per heavy atom. The van der Waals surface area contributed by atoms with Gasteiger partial charge in [0.25, 0.3) is 0 Å². The summed E-state index contributed by atoms with van der Waals surface area (Å²) in [6, 6.07) is 9.99. The molecule has 1 aliphatic heterocycles. The molecule has 4 heteroatoms. The highest BCUT2D eigenvalue weighted by molar-refractivity contribution is 6.11. The maximum atomic E-state index is 14.1. The first kappa shape index (κ1) is 11.8. The fourth-order valence-corrected chi connectivity index (χ4v) is 2.36. The number of nitrogens with one attached hydrogen (secondary N) is 1. The van der Waals surface area contributed by atoms with Crippen molar-refractivity contribution in [2.24, 2.45) is 0 Å². The molecule has 0 saturated heterocycles. The highest BCUT2D eigenvalue weighted by Crippen LogP contribution is 2.33. The lowest BCUT2D eigenvalue weighted by molar-refractivity contribution is 0.576. The lowest BCUT2D eigenvalue weighted by atomic mass is 10.1. The molecule has 2 nitrogen and oxygen atoms in total. The van der Waals surface area contributed by atoms with Gasteiger partial charge in [0.05, 0.1) is 6.54 Å². The van der Waals surface area contributed by atoms with Crippen LogP contribution in [0, 0.1) is 24.0 Å². The van der Waals surface area contributed by atoms with Crippen molar-refractivity contribution in [1.29, 1.82) is 5.41 Å². The van der Waals surface area contributed by atoms with Crippen LogP contribution in [0.15, 0.2) is 36.4 Å². The number of benzene rings is 2. The summed E-state index contributed by atoms with van der Waals surface area (Å²) < 4.78 is 28.0. The smallest absolute Gasteiger partial charge is 0.152 e. The zero-order valence-corrected chi connectivity index (χ0v) is 10.4. The molecular weight excluding hydrogens is 246 g/mol. The molecule has 0 spiro atoms. The third-order valence-electron chi connectivity index (χ3n) is 3.40. The molecular formula is C15H12F2N2. The maximum absolute atomic E-state index is 14.1. The molecule has 3 rings (SSSR count). The van der Waals surface area contributed by atoms with Crippen LogP contribution < -0.4 is 4.90 Å². The van der Waals surface area contributed by atoms with Crippen molar-refractivity contribution >= 4 is 11.5 Å². The van der Waals surface area contributed by atoms with E-state index in [1.54, 1.807) is 13.0 Å². The van der Waals surface area contributed by atoms with Gasteiger partial charge in [0.1, 0.15) is 17.3 Å². The molecule has 0 aliphatic carbocycles. The zero-order chi connectivity index (χ0) is 13.6. The van der Waals surface area contributed by atoms with E-state index in [-0.39, 0.29) is 11.5 Å². The Morgan fingerprint density at radius 2 is 1.84 bits per heavy atom. The van der Waals surface area contributed by atoms with Gasteiger partial charge in [0.2, 0.25) is 0 Å². The van der Waals surface area contributed by atoms with Gasteiger partial charge >= 0.3 is 0 Å². The lowest BCUT2D eigenvalue weighted by Gasteiger charge is -2.20. The third kappa shape index (κ3) is 1.71. The molecule has 0 saturated carbocycles. The van der Waals surface area contributed by atoms with Crippen molar-refractivity contribution in [3.8, 4) is 0 Å². The number of hydrogen-bond donors (Lipinski definition) is 1. The van der Waals surface area contributed by atoms with E-state index < -0.39 is 11.6 Å². The predicted octanol–water partition coefficient (Wildman–Crippen LogP) is 3.62. The molecule has 1 aliphatic rings. The van der Waals surface area contributed by atoms with E-state index >= 15 is 0 Å².